The van der Waals surface area contributed by atoms with Gasteiger partial charge in [0.25, 0.3) is 0 Å². The fraction of sp³-hybridized carbons (Fsp3) is 0.429. The molecule has 22 heavy (non-hydrogen) atoms. The SMILES string of the molecule is c1coc([C@@H](CNc2cncc3nnnn23)N2CCCC2)c1. The summed E-state index contributed by atoms with van der Waals surface area (Å²) in [6.45, 7) is 2.91. The van der Waals surface area contributed by atoms with Gasteiger partial charge in [0.1, 0.15) is 11.6 Å². The fourth-order valence-electron chi connectivity index (χ4n) is 2.94. The second-order valence-electron chi connectivity index (χ2n) is 5.40. The number of furan rings is 1. The fourth-order valence-corrected chi connectivity index (χ4v) is 2.94. The predicted molar refractivity (Wildman–Crippen MR) is 79.3 cm³/mol. The average Bonchev–Trinajstić information content (AvgIpc) is 3.30. The number of rotatable bonds is 5. The van der Waals surface area contributed by atoms with E-state index in [-0.39, 0.29) is 6.04 Å². The van der Waals surface area contributed by atoms with E-state index in [0.29, 0.717) is 12.2 Å². The van der Waals surface area contributed by atoms with Gasteiger partial charge in [-0.3, -0.25) is 9.88 Å². The Bertz CT molecular complexity index is 733. The highest BCUT2D eigenvalue weighted by atomic mass is 16.3. The lowest BCUT2D eigenvalue weighted by Crippen LogP contribution is -2.31. The van der Waals surface area contributed by atoms with Crippen LogP contribution in [0.4, 0.5) is 5.82 Å². The van der Waals surface area contributed by atoms with Crippen LogP contribution in [-0.2, 0) is 0 Å². The average molecular weight is 299 g/mol. The molecule has 0 spiro atoms. The molecule has 0 radical (unpaired) electrons. The maximum absolute atomic E-state index is 5.62. The van der Waals surface area contributed by atoms with Crippen LogP contribution in [0, 0.1) is 0 Å². The Kier molecular flexibility index (Phi) is 3.43. The zero-order chi connectivity index (χ0) is 14.8. The van der Waals surface area contributed by atoms with Crippen molar-refractivity contribution in [2.75, 3.05) is 25.0 Å². The molecule has 1 saturated heterocycles. The van der Waals surface area contributed by atoms with Crippen LogP contribution in [0.5, 0.6) is 0 Å². The molecule has 1 aliphatic heterocycles. The molecule has 4 heterocycles. The molecule has 114 valence electrons. The Labute approximate surface area is 127 Å². The molecular formula is C14H17N7O. The number of tetrazole rings is 1. The predicted octanol–water partition coefficient (Wildman–Crippen LogP) is 1.36. The molecule has 1 aliphatic rings. The molecule has 1 atom stereocenters. The van der Waals surface area contributed by atoms with E-state index in [4.69, 9.17) is 4.42 Å². The van der Waals surface area contributed by atoms with E-state index in [1.54, 1.807) is 23.2 Å². The molecule has 8 heteroatoms. The largest absolute Gasteiger partial charge is 0.468 e. The standard InChI is InChI=1S/C14H17N7O/c1-2-6-20(5-1)11(12-4-3-7-22-12)8-16-13-9-15-10-14-17-18-19-21(13)14/h3-4,7,9-11,16H,1-2,5-6,8H2/t11-/m1/s1. The monoisotopic (exact) mass is 299 g/mol. The third-order valence-electron chi connectivity index (χ3n) is 4.04. The summed E-state index contributed by atoms with van der Waals surface area (Å²) in [6, 6.07) is 4.16. The summed E-state index contributed by atoms with van der Waals surface area (Å²) in [5.74, 6) is 1.75. The second-order valence-corrected chi connectivity index (χ2v) is 5.40. The molecule has 1 fully saturated rings. The van der Waals surface area contributed by atoms with Crippen LogP contribution in [0.3, 0.4) is 0 Å². The van der Waals surface area contributed by atoms with E-state index < -0.39 is 0 Å². The first-order valence-corrected chi connectivity index (χ1v) is 7.45. The number of likely N-dealkylation sites (tertiary alicyclic amines) is 1. The molecule has 0 bridgehead atoms. The summed E-state index contributed by atoms with van der Waals surface area (Å²) in [6.07, 6.45) is 7.56. The first-order chi connectivity index (χ1) is 10.9. The highest BCUT2D eigenvalue weighted by Gasteiger charge is 2.25. The molecule has 1 N–H and O–H groups in total. The van der Waals surface area contributed by atoms with Crippen molar-refractivity contribution >= 4 is 11.5 Å². The zero-order valence-electron chi connectivity index (χ0n) is 12.1. The summed E-state index contributed by atoms with van der Waals surface area (Å²) in [5, 5.41) is 14.9. The number of nitrogens with zero attached hydrogens (tertiary/aromatic N) is 6. The molecule has 3 aromatic heterocycles. The van der Waals surface area contributed by atoms with Crippen LogP contribution in [-0.4, -0.2) is 49.6 Å². The van der Waals surface area contributed by atoms with Crippen molar-refractivity contribution in [1.29, 1.82) is 0 Å². The first-order valence-electron chi connectivity index (χ1n) is 7.45. The van der Waals surface area contributed by atoms with Gasteiger partial charge in [-0.15, -0.1) is 5.10 Å². The molecule has 8 nitrogen and oxygen atoms in total. The van der Waals surface area contributed by atoms with Crippen LogP contribution in [0.2, 0.25) is 0 Å². The first kappa shape index (κ1) is 13.2. The Balaban J connectivity index is 1.55. The van der Waals surface area contributed by atoms with Crippen LogP contribution in [0.25, 0.3) is 5.65 Å². The van der Waals surface area contributed by atoms with Gasteiger partial charge in [0.05, 0.1) is 24.7 Å². The minimum absolute atomic E-state index is 0.198. The Morgan fingerprint density at radius 3 is 3.00 bits per heavy atom. The molecule has 4 rings (SSSR count). The van der Waals surface area contributed by atoms with Gasteiger partial charge in [-0.05, 0) is 48.5 Å². The molecule has 0 aromatic carbocycles. The normalized spacial score (nSPS) is 17.1. The number of aromatic nitrogens is 5. The maximum atomic E-state index is 5.62. The van der Waals surface area contributed by atoms with Crippen molar-refractivity contribution < 1.29 is 4.42 Å². The van der Waals surface area contributed by atoms with E-state index in [0.717, 1.165) is 24.7 Å². The van der Waals surface area contributed by atoms with E-state index in [9.17, 15) is 0 Å². The van der Waals surface area contributed by atoms with Crippen molar-refractivity contribution in [2.24, 2.45) is 0 Å². The van der Waals surface area contributed by atoms with Gasteiger partial charge in [-0.2, -0.15) is 4.52 Å². The molecular weight excluding hydrogens is 282 g/mol. The Hall–Kier alpha value is -2.48. The molecule has 0 saturated carbocycles. The smallest absolute Gasteiger partial charge is 0.199 e. The Morgan fingerprint density at radius 2 is 2.18 bits per heavy atom. The van der Waals surface area contributed by atoms with Crippen LogP contribution in [0.1, 0.15) is 24.6 Å². The quantitative estimate of drug-likeness (QED) is 0.761. The van der Waals surface area contributed by atoms with Gasteiger partial charge < -0.3 is 9.73 Å². The number of nitrogens with one attached hydrogen (secondary N) is 1. The number of hydrogen-bond donors (Lipinski definition) is 1. The van der Waals surface area contributed by atoms with E-state index in [1.807, 2.05) is 12.1 Å². The minimum atomic E-state index is 0.198. The van der Waals surface area contributed by atoms with Crippen molar-refractivity contribution in [2.45, 2.75) is 18.9 Å². The van der Waals surface area contributed by atoms with Gasteiger partial charge in [0.15, 0.2) is 5.65 Å². The Morgan fingerprint density at radius 1 is 1.27 bits per heavy atom. The van der Waals surface area contributed by atoms with Crippen molar-refractivity contribution in [3.05, 3.63) is 36.5 Å². The lowest BCUT2D eigenvalue weighted by atomic mass is 10.2. The van der Waals surface area contributed by atoms with E-state index in [1.165, 1.54) is 12.8 Å². The topological polar surface area (TPSA) is 84.4 Å². The highest BCUT2D eigenvalue weighted by Crippen LogP contribution is 2.25. The maximum Gasteiger partial charge on any atom is 0.199 e. The van der Waals surface area contributed by atoms with Gasteiger partial charge in [-0.1, -0.05) is 0 Å². The van der Waals surface area contributed by atoms with E-state index >= 15 is 0 Å². The van der Waals surface area contributed by atoms with Crippen LogP contribution < -0.4 is 5.32 Å². The third-order valence-corrected chi connectivity index (χ3v) is 4.04. The van der Waals surface area contributed by atoms with Crippen molar-refractivity contribution in [3.63, 3.8) is 0 Å². The summed E-state index contributed by atoms with van der Waals surface area (Å²) in [5.41, 5.74) is 0.626. The highest BCUT2D eigenvalue weighted by molar-refractivity contribution is 5.43. The summed E-state index contributed by atoms with van der Waals surface area (Å²) >= 11 is 0. The van der Waals surface area contributed by atoms with Crippen LogP contribution in [0.15, 0.2) is 35.2 Å². The molecule has 0 amide bonds. The van der Waals surface area contributed by atoms with Crippen molar-refractivity contribution in [3.8, 4) is 0 Å². The summed E-state index contributed by atoms with van der Waals surface area (Å²) < 4.78 is 7.27. The van der Waals surface area contributed by atoms with Gasteiger partial charge in [-0.25, -0.2) is 0 Å². The van der Waals surface area contributed by atoms with E-state index in [2.05, 4.69) is 30.7 Å². The summed E-state index contributed by atoms with van der Waals surface area (Å²) in [4.78, 5) is 6.60. The minimum Gasteiger partial charge on any atom is -0.468 e. The number of fused-ring (bicyclic) bond motifs is 1. The van der Waals surface area contributed by atoms with Gasteiger partial charge in [0.2, 0.25) is 0 Å². The van der Waals surface area contributed by atoms with Crippen LogP contribution >= 0.6 is 0 Å². The lowest BCUT2D eigenvalue weighted by Gasteiger charge is -2.26. The number of anilines is 1. The number of hydrogen-bond acceptors (Lipinski definition) is 7. The molecule has 0 aliphatic carbocycles. The second kappa shape index (κ2) is 5.72. The molecule has 3 aromatic rings. The lowest BCUT2D eigenvalue weighted by molar-refractivity contribution is 0.225. The van der Waals surface area contributed by atoms with Gasteiger partial charge in [0, 0.05) is 6.54 Å². The summed E-state index contributed by atoms with van der Waals surface area (Å²) in [7, 11) is 0. The van der Waals surface area contributed by atoms with Gasteiger partial charge >= 0.3 is 0 Å². The zero-order valence-corrected chi connectivity index (χ0v) is 12.1. The van der Waals surface area contributed by atoms with Crippen molar-refractivity contribution in [1.82, 2.24) is 29.9 Å². The third kappa shape index (κ3) is 2.41. The molecule has 0 unspecified atom stereocenters.